The summed E-state index contributed by atoms with van der Waals surface area (Å²) in [6.45, 7) is 1.51. The molecule has 0 radical (unpaired) electrons. The highest BCUT2D eigenvalue weighted by atomic mass is 32.2. The SMILES string of the molecule is COc1ccc(-c2cc(C(=O)N3CCSCC3)cc(-n3cnnn3)c2)cc1OC. The Morgan fingerprint density at radius 2 is 1.79 bits per heavy atom. The van der Waals surface area contributed by atoms with Gasteiger partial charge in [-0.15, -0.1) is 5.10 Å². The van der Waals surface area contributed by atoms with Crippen molar-refractivity contribution >= 4 is 17.7 Å². The average molecular weight is 411 g/mol. The molecular formula is C20H21N5O3S. The minimum Gasteiger partial charge on any atom is -0.493 e. The number of thioether (sulfide) groups is 1. The Kier molecular flexibility index (Phi) is 5.66. The number of benzene rings is 2. The van der Waals surface area contributed by atoms with E-state index in [9.17, 15) is 4.79 Å². The quantitative estimate of drug-likeness (QED) is 0.638. The van der Waals surface area contributed by atoms with Crippen LogP contribution in [0.1, 0.15) is 10.4 Å². The first-order valence-corrected chi connectivity index (χ1v) is 10.3. The molecule has 29 heavy (non-hydrogen) atoms. The number of hydrogen-bond acceptors (Lipinski definition) is 7. The lowest BCUT2D eigenvalue weighted by Crippen LogP contribution is -2.37. The van der Waals surface area contributed by atoms with Crippen LogP contribution in [0.25, 0.3) is 16.8 Å². The van der Waals surface area contributed by atoms with Gasteiger partial charge in [-0.3, -0.25) is 4.79 Å². The average Bonchev–Trinajstić information content (AvgIpc) is 3.33. The van der Waals surface area contributed by atoms with Crippen molar-refractivity contribution in [2.24, 2.45) is 0 Å². The van der Waals surface area contributed by atoms with Crippen molar-refractivity contribution < 1.29 is 14.3 Å². The van der Waals surface area contributed by atoms with Crippen molar-refractivity contribution in [2.45, 2.75) is 0 Å². The summed E-state index contributed by atoms with van der Waals surface area (Å²) in [5.41, 5.74) is 3.10. The van der Waals surface area contributed by atoms with Gasteiger partial charge in [0.15, 0.2) is 11.5 Å². The third kappa shape index (κ3) is 4.04. The molecule has 0 saturated carbocycles. The van der Waals surface area contributed by atoms with E-state index in [2.05, 4.69) is 15.5 Å². The number of ether oxygens (including phenoxy) is 2. The van der Waals surface area contributed by atoms with Crippen LogP contribution >= 0.6 is 11.8 Å². The Morgan fingerprint density at radius 3 is 2.48 bits per heavy atom. The molecule has 1 aliphatic heterocycles. The van der Waals surface area contributed by atoms with Crippen LogP contribution in [0.15, 0.2) is 42.7 Å². The summed E-state index contributed by atoms with van der Waals surface area (Å²) in [5, 5.41) is 11.4. The Labute approximate surface area is 172 Å². The summed E-state index contributed by atoms with van der Waals surface area (Å²) in [6, 6.07) is 11.3. The second kappa shape index (κ2) is 8.52. The molecule has 0 atom stereocenters. The lowest BCUT2D eigenvalue weighted by Gasteiger charge is -2.26. The fourth-order valence-corrected chi connectivity index (χ4v) is 4.18. The summed E-state index contributed by atoms with van der Waals surface area (Å²) in [4.78, 5) is 15.0. The number of nitrogens with zero attached hydrogens (tertiary/aromatic N) is 5. The first kappa shape index (κ1) is 19.3. The molecule has 0 unspecified atom stereocenters. The zero-order valence-electron chi connectivity index (χ0n) is 16.2. The van der Waals surface area contributed by atoms with Gasteiger partial charge in [0.1, 0.15) is 6.33 Å². The van der Waals surface area contributed by atoms with Gasteiger partial charge >= 0.3 is 0 Å². The summed E-state index contributed by atoms with van der Waals surface area (Å²) >= 11 is 1.87. The Hall–Kier alpha value is -3.07. The van der Waals surface area contributed by atoms with Crippen molar-refractivity contribution in [3.05, 3.63) is 48.3 Å². The van der Waals surface area contributed by atoms with Crippen LogP contribution in [0, 0.1) is 0 Å². The molecule has 1 saturated heterocycles. The van der Waals surface area contributed by atoms with Gasteiger partial charge in [-0.2, -0.15) is 11.8 Å². The van der Waals surface area contributed by atoms with Gasteiger partial charge in [0.05, 0.1) is 19.9 Å². The van der Waals surface area contributed by atoms with Crippen LogP contribution in [0.3, 0.4) is 0 Å². The van der Waals surface area contributed by atoms with Gasteiger partial charge in [-0.1, -0.05) is 6.07 Å². The number of carbonyl (C=O) groups is 1. The summed E-state index contributed by atoms with van der Waals surface area (Å²) in [6.07, 6.45) is 1.51. The van der Waals surface area contributed by atoms with Crippen LogP contribution in [0.5, 0.6) is 11.5 Å². The molecule has 1 aromatic heterocycles. The zero-order valence-corrected chi connectivity index (χ0v) is 17.1. The number of methoxy groups -OCH3 is 2. The van der Waals surface area contributed by atoms with E-state index in [0.29, 0.717) is 17.1 Å². The summed E-state index contributed by atoms with van der Waals surface area (Å²) in [5.74, 6) is 3.21. The van der Waals surface area contributed by atoms with Crippen LogP contribution in [0.4, 0.5) is 0 Å². The molecular weight excluding hydrogens is 390 g/mol. The number of rotatable bonds is 5. The van der Waals surface area contributed by atoms with E-state index in [4.69, 9.17) is 9.47 Å². The number of hydrogen-bond donors (Lipinski definition) is 0. The summed E-state index contributed by atoms with van der Waals surface area (Å²) in [7, 11) is 3.20. The predicted octanol–water partition coefficient (Wildman–Crippen LogP) is 2.54. The molecule has 1 fully saturated rings. The van der Waals surface area contributed by atoms with E-state index in [-0.39, 0.29) is 5.91 Å². The normalized spacial score (nSPS) is 13.9. The number of amides is 1. The van der Waals surface area contributed by atoms with Gasteiger partial charge in [0, 0.05) is 30.2 Å². The minimum atomic E-state index is 0.0157. The van der Waals surface area contributed by atoms with Crippen LogP contribution < -0.4 is 9.47 Å². The summed E-state index contributed by atoms with van der Waals surface area (Å²) < 4.78 is 12.3. The molecule has 3 aromatic rings. The molecule has 8 nitrogen and oxygen atoms in total. The standard InChI is InChI=1S/C20H21N5O3S/c1-27-18-4-3-14(12-19(18)28-2)15-9-16(20(26)24-5-7-29-8-6-24)11-17(10-15)25-13-21-22-23-25/h3-4,9-13H,5-8H2,1-2H3. The Balaban J connectivity index is 1.79. The first-order chi connectivity index (χ1) is 14.2. The van der Waals surface area contributed by atoms with E-state index < -0.39 is 0 Å². The van der Waals surface area contributed by atoms with Crippen molar-refractivity contribution in [3.8, 4) is 28.3 Å². The van der Waals surface area contributed by atoms with Gasteiger partial charge in [-0.25, -0.2) is 4.68 Å². The van der Waals surface area contributed by atoms with Crippen molar-refractivity contribution in [2.75, 3.05) is 38.8 Å². The van der Waals surface area contributed by atoms with Crippen LogP contribution in [-0.2, 0) is 0 Å². The fraction of sp³-hybridized carbons (Fsp3) is 0.300. The highest BCUT2D eigenvalue weighted by Gasteiger charge is 2.20. The maximum absolute atomic E-state index is 13.1. The second-order valence-corrected chi connectivity index (χ2v) is 7.72. The second-order valence-electron chi connectivity index (χ2n) is 6.50. The van der Waals surface area contributed by atoms with Crippen molar-refractivity contribution in [1.82, 2.24) is 25.1 Å². The molecule has 0 bridgehead atoms. The smallest absolute Gasteiger partial charge is 0.254 e. The highest BCUT2D eigenvalue weighted by molar-refractivity contribution is 7.99. The Bertz CT molecular complexity index is 1000. The fourth-order valence-electron chi connectivity index (χ4n) is 3.28. The molecule has 0 N–H and O–H groups in total. The topological polar surface area (TPSA) is 82.4 Å². The van der Waals surface area contributed by atoms with Crippen LogP contribution in [0.2, 0.25) is 0 Å². The molecule has 0 spiro atoms. The molecule has 4 rings (SSSR count). The maximum Gasteiger partial charge on any atom is 0.254 e. The van der Waals surface area contributed by atoms with Gasteiger partial charge in [0.25, 0.3) is 5.91 Å². The van der Waals surface area contributed by atoms with E-state index in [1.165, 1.54) is 6.33 Å². The number of tetrazole rings is 1. The Morgan fingerprint density at radius 1 is 1.00 bits per heavy atom. The predicted molar refractivity (Wildman–Crippen MR) is 111 cm³/mol. The highest BCUT2D eigenvalue weighted by Crippen LogP contribution is 2.33. The maximum atomic E-state index is 13.1. The van der Waals surface area contributed by atoms with Gasteiger partial charge in [-0.05, 0) is 51.9 Å². The van der Waals surface area contributed by atoms with Crippen LogP contribution in [-0.4, -0.2) is 69.8 Å². The molecule has 9 heteroatoms. The molecule has 1 aliphatic rings. The van der Waals surface area contributed by atoms with Crippen molar-refractivity contribution in [3.63, 3.8) is 0 Å². The van der Waals surface area contributed by atoms with E-state index in [1.54, 1.807) is 18.9 Å². The molecule has 2 aromatic carbocycles. The van der Waals surface area contributed by atoms with Gasteiger partial charge < -0.3 is 14.4 Å². The number of carbonyl (C=O) groups excluding carboxylic acids is 1. The largest absolute Gasteiger partial charge is 0.493 e. The van der Waals surface area contributed by atoms with E-state index >= 15 is 0 Å². The third-order valence-electron chi connectivity index (χ3n) is 4.79. The van der Waals surface area contributed by atoms with Crippen molar-refractivity contribution in [1.29, 1.82) is 0 Å². The number of aromatic nitrogens is 4. The molecule has 1 amide bonds. The van der Waals surface area contributed by atoms with E-state index in [0.717, 1.165) is 41.4 Å². The lowest BCUT2D eigenvalue weighted by molar-refractivity contribution is 0.0772. The molecule has 0 aliphatic carbocycles. The van der Waals surface area contributed by atoms with Gasteiger partial charge in [0.2, 0.25) is 0 Å². The molecule has 2 heterocycles. The first-order valence-electron chi connectivity index (χ1n) is 9.17. The molecule has 150 valence electrons. The third-order valence-corrected chi connectivity index (χ3v) is 5.74. The van der Waals surface area contributed by atoms with E-state index in [1.807, 2.05) is 53.1 Å². The minimum absolute atomic E-state index is 0.0157. The monoisotopic (exact) mass is 411 g/mol. The zero-order chi connectivity index (χ0) is 20.2. The lowest BCUT2D eigenvalue weighted by atomic mass is 10.0.